The van der Waals surface area contributed by atoms with Crippen molar-refractivity contribution in [1.82, 2.24) is 5.32 Å². The van der Waals surface area contributed by atoms with Gasteiger partial charge in [-0.3, -0.25) is 4.79 Å². The number of benzene rings is 1. The van der Waals surface area contributed by atoms with Crippen molar-refractivity contribution < 1.29 is 9.18 Å². The number of carbonyl (C=O) groups is 1. The van der Waals surface area contributed by atoms with Crippen molar-refractivity contribution in [3.8, 4) is 0 Å². The van der Waals surface area contributed by atoms with Crippen LogP contribution < -0.4 is 5.32 Å². The first-order chi connectivity index (χ1) is 8.35. The summed E-state index contributed by atoms with van der Waals surface area (Å²) < 4.78 is 13.7. The third-order valence-corrected chi connectivity index (χ3v) is 3.72. The van der Waals surface area contributed by atoms with E-state index in [0.717, 1.165) is 11.8 Å². The summed E-state index contributed by atoms with van der Waals surface area (Å²) >= 11 is 6.44. The second-order valence-electron chi connectivity index (χ2n) is 4.91. The highest BCUT2D eigenvalue weighted by atomic mass is 79.9. The second-order valence-corrected chi connectivity index (χ2v) is 6.56. The van der Waals surface area contributed by atoms with E-state index in [1.54, 1.807) is 6.07 Å². The maximum atomic E-state index is 13.3. The largest absolute Gasteiger partial charge is 0.352 e. The van der Waals surface area contributed by atoms with Crippen molar-refractivity contribution in [3.05, 3.63) is 34.1 Å². The smallest absolute Gasteiger partial charge is 0.251 e. The summed E-state index contributed by atoms with van der Waals surface area (Å²) in [5, 5.41) is 3.72. The SMILES string of the molecule is CC(C)(CCBr)CNC(=O)c1ccc(Br)c(F)c1. The van der Waals surface area contributed by atoms with E-state index in [9.17, 15) is 9.18 Å². The van der Waals surface area contributed by atoms with Gasteiger partial charge in [-0.05, 0) is 46.0 Å². The molecule has 100 valence electrons. The van der Waals surface area contributed by atoms with Gasteiger partial charge in [0, 0.05) is 17.4 Å². The lowest BCUT2D eigenvalue weighted by atomic mass is 9.90. The molecule has 5 heteroatoms. The molecule has 0 saturated carbocycles. The van der Waals surface area contributed by atoms with Gasteiger partial charge in [-0.25, -0.2) is 4.39 Å². The molecule has 0 atom stereocenters. The molecule has 0 aliphatic heterocycles. The molecule has 0 spiro atoms. The van der Waals surface area contributed by atoms with E-state index < -0.39 is 5.82 Å². The molecule has 0 fully saturated rings. The molecule has 1 aromatic carbocycles. The van der Waals surface area contributed by atoms with E-state index in [4.69, 9.17) is 0 Å². The fourth-order valence-corrected chi connectivity index (χ4v) is 2.72. The summed E-state index contributed by atoms with van der Waals surface area (Å²) in [4.78, 5) is 11.9. The molecular weight excluding hydrogens is 365 g/mol. The summed E-state index contributed by atoms with van der Waals surface area (Å²) in [5.74, 6) is -0.675. The van der Waals surface area contributed by atoms with E-state index in [2.05, 4.69) is 51.0 Å². The van der Waals surface area contributed by atoms with Gasteiger partial charge in [0.2, 0.25) is 0 Å². The number of nitrogens with one attached hydrogen (secondary N) is 1. The van der Waals surface area contributed by atoms with Gasteiger partial charge in [0.1, 0.15) is 5.82 Å². The Balaban J connectivity index is 2.63. The van der Waals surface area contributed by atoms with Crippen LogP contribution in [-0.4, -0.2) is 17.8 Å². The highest BCUT2D eigenvalue weighted by Gasteiger charge is 2.18. The highest BCUT2D eigenvalue weighted by molar-refractivity contribution is 9.10. The second kappa shape index (κ2) is 6.66. The fraction of sp³-hybridized carbons (Fsp3) is 0.462. The number of hydrogen-bond acceptors (Lipinski definition) is 1. The number of amides is 1. The van der Waals surface area contributed by atoms with Crippen LogP contribution in [0.3, 0.4) is 0 Å². The first-order valence-corrected chi connectivity index (χ1v) is 7.56. The van der Waals surface area contributed by atoms with Crippen LogP contribution in [0.4, 0.5) is 4.39 Å². The van der Waals surface area contributed by atoms with Crippen LogP contribution in [0.15, 0.2) is 22.7 Å². The van der Waals surface area contributed by atoms with Gasteiger partial charge in [-0.15, -0.1) is 0 Å². The molecule has 0 saturated heterocycles. The number of halogens is 3. The lowest BCUT2D eigenvalue weighted by molar-refractivity contribution is 0.0935. The fourth-order valence-electron chi connectivity index (χ4n) is 1.40. The zero-order valence-electron chi connectivity index (χ0n) is 10.4. The Labute approximate surface area is 124 Å². The molecule has 0 unspecified atom stereocenters. The van der Waals surface area contributed by atoms with Crippen molar-refractivity contribution >= 4 is 37.8 Å². The van der Waals surface area contributed by atoms with Gasteiger partial charge in [-0.2, -0.15) is 0 Å². The molecule has 2 nitrogen and oxygen atoms in total. The zero-order chi connectivity index (χ0) is 13.8. The monoisotopic (exact) mass is 379 g/mol. The summed E-state index contributed by atoms with van der Waals surface area (Å²) in [5.41, 5.74) is 0.359. The van der Waals surface area contributed by atoms with Crippen LogP contribution >= 0.6 is 31.9 Å². The van der Waals surface area contributed by atoms with Crippen LogP contribution in [0.2, 0.25) is 0 Å². The molecule has 0 aliphatic rings. The van der Waals surface area contributed by atoms with E-state index >= 15 is 0 Å². The molecule has 0 bridgehead atoms. The molecule has 18 heavy (non-hydrogen) atoms. The third-order valence-electron chi connectivity index (χ3n) is 2.68. The standard InChI is InChI=1S/C13H16Br2FNO/c1-13(2,5-6-14)8-17-12(18)9-3-4-10(15)11(16)7-9/h3-4,7H,5-6,8H2,1-2H3,(H,17,18). The van der Waals surface area contributed by atoms with Crippen LogP contribution in [0, 0.1) is 11.2 Å². The van der Waals surface area contributed by atoms with E-state index in [-0.39, 0.29) is 11.3 Å². The number of alkyl halides is 1. The van der Waals surface area contributed by atoms with E-state index in [0.29, 0.717) is 16.6 Å². The van der Waals surface area contributed by atoms with Crippen molar-refractivity contribution in [1.29, 1.82) is 0 Å². The maximum Gasteiger partial charge on any atom is 0.251 e. The molecule has 1 amide bonds. The predicted octanol–water partition coefficient (Wildman–Crippen LogP) is 4.13. The Bertz CT molecular complexity index is 435. The molecule has 0 radical (unpaired) electrons. The number of hydrogen-bond donors (Lipinski definition) is 1. The molecule has 0 heterocycles. The zero-order valence-corrected chi connectivity index (χ0v) is 13.6. The average molecular weight is 381 g/mol. The number of carbonyl (C=O) groups excluding carboxylic acids is 1. The van der Waals surface area contributed by atoms with Gasteiger partial charge >= 0.3 is 0 Å². The topological polar surface area (TPSA) is 29.1 Å². The van der Waals surface area contributed by atoms with Crippen LogP contribution in [0.5, 0.6) is 0 Å². The van der Waals surface area contributed by atoms with E-state index in [1.807, 2.05) is 0 Å². The van der Waals surface area contributed by atoms with Crippen molar-refractivity contribution in [2.24, 2.45) is 5.41 Å². The summed E-state index contributed by atoms with van der Waals surface area (Å²) in [6, 6.07) is 4.37. The van der Waals surface area contributed by atoms with Crippen molar-refractivity contribution in [2.45, 2.75) is 20.3 Å². The molecule has 0 aromatic heterocycles. The van der Waals surface area contributed by atoms with Crippen LogP contribution in [0.25, 0.3) is 0 Å². The Morgan fingerprint density at radius 1 is 1.44 bits per heavy atom. The quantitative estimate of drug-likeness (QED) is 0.764. The summed E-state index contributed by atoms with van der Waals surface area (Å²) in [6.45, 7) is 4.72. The minimum atomic E-state index is -0.428. The van der Waals surface area contributed by atoms with Crippen LogP contribution in [-0.2, 0) is 0 Å². The lowest BCUT2D eigenvalue weighted by Gasteiger charge is -2.23. The van der Waals surface area contributed by atoms with Gasteiger partial charge in [0.05, 0.1) is 4.47 Å². The van der Waals surface area contributed by atoms with Gasteiger partial charge in [-0.1, -0.05) is 29.8 Å². The Hall–Kier alpha value is -0.420. The lowest BCUT2D eigenvalue weighted by Crippen LogP contribution is -2.34. The summed E-state index contributed by atoms with van der Waals surface area (Å²) in [6.07, 6.45) is 0.960. The Kier molecular flexibility index (Phi) is 5.79. The minimum Gasteiger partial charge on any atom is -0.352 e. The Morgan fingerprint density at radius 2 is 2.11 bits per heavy atom. The first-order valence-electron chi connectivity index (χ1n) is 5.65. The van der Waals surface area contributed by atoms with Crippen molar-refractivity contribution in [3.63, 3.8) is 0 Å². The van der Waals surface area contributed by atoms with Crippen LogP contribution in [0.1, 0.15) is 30.6 Å². The number of rotatable bonds is 5. The van der Waals surface area contributed by atoms with Gasteiger partial charge in [0.25, 0.3) is 5.91 Å². The molecular formula is C13H16Br2FNO. The Morgan fingerprint density at radius 3 is 2.67 bits per heavy atom. The summed E-state index contributed by atoms with van der Waals surface area (Å²) in [7, 11) is 0. The third kappa shape index (κ3) is 4.69. The van der Waals surface area contributed by atoms with E-state index in [1.165, 1.54) is 12.1 Å². The first kappa shape index (κ1) is 15.6. The molecule has 1 aromatic rings. The van der Waals surface area contributed by atoms with Gasteiger partial charge in [0.15, 0.2) is 0 Å². The molecule has 0 aliphatic carbocycles. The maximum absolute atomic E-state index is 13.3. The highest BCUT2D eigenvalue weighted by Crippen LogP contribution is 2.20. The van der Waals surface area contributed by atoms with Gasteiger partial charge < -0.3 is 5.32 Å². The van der Waals surface area contributed by atoms with Crippen molar-refractivity contribution in [2.75, 3.05) is 11.9 Å². The molecule has 1 rings (SSSR count). The molecule has 1 N–H and O–H groups in total. The average Bonchev–Trinajstić information content (AvgIpc) is 2.30. The predicted molar refractivity (Wildman–Crippen MR) is 78.6 cm³/mol. The normalized spacial score (nSPS) is 11.4. The minimum absolute atomic E-state index is 0.0209.